The molecular formula is C14H12BrNO2. The minimum Gasteiger partial charge on any atom is -0.362 e. The Bertz CT molecular complexity index is 602. The van der Waals surface area contributed by atoms with E-state index < -0.39 is 0 Å². The molecule has 0 aliphatic carbocycles. The topological polar surface area (TPSA) is 38.3 Å². The summed E-state index contributed by atoms with van der Waals surface area (Å²) < 4.78 is 6.60. The predicted octanol–water partition coefficient (Wildman–Crippen LogP) is 2.79. The molecule has 1 unspecified atom stereocenters. The van der Waals surface area contributed by atoms with Gasteiger partial charge in [0.05, 0.1) is 0 Å². The van der Waals surface area contributed by atoms with Crippen molar-refractivity contribution in [3.63, 3.8) is 0 Å². The highest BCUT2D eigenvalue weighted by Gasteiger charge is 2.20. The molecule has 3 nitrogen and oxygen atoms in total. The van der Waals surface area contributed by atoms with Crippen molar-refractivity contribution in [3.05, 3.63) is 46.4 Å². The molecule has 1 aliphatic heterocycles. The Labute approximate surface area is 113 Å². The number of hydrogen-bond acceptors (Lipinski definition) is 2. The van der Waals surface area contributed by atoms with E-state index in [1.165, 1.54) is 10.8 Å². The minimum absolute atomic E-state index is 0.0454. The summed E-state index contributed by atoms with van der Waals surface area (Å²) in [6.45, 7) is 0.684. The highest BCUT2D eigenvalue weighted by molar-refractivity contribution is 9.10. The Balaban J connectivity index is 1.93. The van der Waals surface area contributed by atoms with Crippen LogP contribution in [0.15, 0.2) is 40.9 Å². The maximum Gasteiger partial charge on any atom is 0.246 e. The fraction of sp³-hybridized carbons (Fsp3) is 0.214. The molecule has 2 aromatic carbocycles. The van der Waals surface area contributed by atoms with Gasteiger partial charge in [-0.2, -0.15) is 0 Å². The number of halogens is 1. The van der Waals surface area contributed by atoms with Crippen LogP contribution in [0.25, 0.3) is 10.8 Å². The number of carbonyl (C=O) groups is 1. The van der Waals surface area contributed by atoms with Crippen LogP contribution in [-0.4, -0.2) is 19.1 Å². The first kappa shape index (κ1) is 11.7. The van der Waals surface area contributed by atoms with Crippen molar-refractivity contribution in [2.75, 3.05) is 13.2 Å². The monoisotopic (exact) mass is 305 g/mol. The third-order valence-electron chi connectivity index (χ3n) is 3.10. The summed E-state index contributed by atoms with van der Waals surface area (Å²) in [4.78, 5) is 11.0. The van der Waals surface area contributed by atoms with Gasteiger partial charge >= 0.3 is 0 Å². The molecule has 0 saturated carbocycles. The van der Waals surface area contributed by atoms with Crippen LogP contribution in [0.5, 0.6) is 0 Å². The van der Waals surface area contributed by atoms with Crippen LogP contribution < -0.4 is 5.32 Å². The van der Waals surface area contributed by atoms with E-state index in [0.717, 1.165) is 10.0 Å². The molecule has 2 aromatic rings. The number of ether oxygens (including phenoxy) is 1. The number of rotatable bonds is 1. The van der Waals surface area contributed by atoms with E-state index in [4.69, 9.17) is 4.74 Å². The SMILES string of the molecule is O=C1COC(c2ccc3cc(Br)ccc3c2)CN1. The van der Waals surface area contributed by atoms with E-state index in [-0.39, 0.29) is 18.6 Å². The van der Waals surface area contributed by atoms with Crippen LogP contribution in [0.1, 0.15) is 11.7 Å². The van der Waals surface area contributed by atoms with E-state index >= 15 is 0 Å². The van der Waals surface area contributed by atoms with Crippen LogP contribution in [-0.2, 0) is 9.53 Å². The van der Waals surface area contributed by atoms with E-state index in [0.29, 0.717) is 6.54 Å². The quantitative estimate of drug-likeness (QED) is 0.880. The Morgan fingerprint density at radius 2 is 1.94 bits per heavy atom. The highest BCUT2D eigenvalue weighted by Crippen LogP contribution is 2.25. The van der Waals surface area contributed by atoms with Gasteiger partial charge in [-0.05, 0) is 34.5 Å². The first-order valence-electron chi connectivity index (χ1n) is 5.80. The van der Waals surface area contributed by atoms with Crippen molar-refractivity contribution < 1.29 is 9.53 Å². The molecule has 1 N–H and O–H groups in total. The van der Waals surface area contributed by atoms with E-state index in [1.54, 1.807) is 0 Å². The molecular weight excluding hydrogens is 294 g/mol. The lowest BCUT2D eigenvalue weighted by Gasteiger charge is -2.23. The number of carbonyl (C=O) groups excluding carboxylic acids is 1. The van der Waals surface area contributed by atoms with Crippen LogP contribution in [0.4, 0.5) is 0 Å². The molecule has 0 aromatic heterocycles. The second-order valence-corrected chi connectivity index (χ2v) is 5.27. The number of hydrogen-bond donors (Lipinski definition) is 1. The second-order valence-electron chi connectivity index (χ2n) is 4.35. The molecule has 3 rings (SSSR count). The summed E-state index contributed by atoms with van der Waals surface area (Å²) >= 11 is 3.46. The van der Waals surface area contributed by atoms with Crippen LogP contribution in [0.2, 0.25) is 0 Å². The van der Waals surface area contributed by atoms with E-state index in [9.17, 15) is 4.79 Å². The predicted molar refractivity (Wildman–Crippen MR) is 73.4 cm³/mol. The third kappa shape index (κ3) is 2.26. The minimum atomic E-state index is -0.0456. The van der Waals surface area contributed by atoms with Gasteiger partial charge in [0.2, 0.25) is 5.91 Å². The normalized spacial score (nSPS) is 19.8. The van der Waals surface area contributed by atoms with Gasteiger partial charge in [0.25, 0.3) is 0 Å². The van der Waals surface area contributed by atoms with Gasteiger partial charge in [-0.15, -0.1) is 0 Å². The van der Waals surface area contributed by atoms with Gasteiger partial charge in [0, 0.05) is 11.0 Å². The Morgan fingerprint density at radius 3 is 2.72 bits per heavy atom. The zero-order valence-corrected chi connectivity index (χ0v) is 11.2. The Kier molecular flexibility index (Phi) is 3.06. The second kappa shape index (κ2) is 4.71. The fourth-order valence-corrected chi connectivity index (χ4v) is 2.52. The van der Waals surface area contributed by atoms with Gasteiger partial charge in [0.15, 0.2) is 0 Å². The molecule has 1 amide bonds. The Morgan fingerprint density at radius 1 is 1.17 bits per heavy atom. The maximum atomic E-state index is 11.0. The first-order chi connectivity index (χ1) is 8.72. The Hall–Kier alpha value is -1.39. The number of fused-ring (bicyclic) bond motifs is 1. The molecule has 0 spiro atoms. The third-order valence-corrected chi connectivity index (χ3v) is 3.59. The molecule has 1 aliphatic rings. The maximum absolute atomic E-state index is 11.0. The zero-order chi connectivity index (χ0) is 12.5. The van der Waals surface area contributed by atoms with Crippen molar-refractivity contribution in [2.45, 2.75) is 6.10 Å². The summed E-state index contributed by atoms with van der Waals surface area (Å²) in [5.41, 5.74) is 1.10. The fourth-order valence-electron chi connectivity index (χ4n) is 2.14. The number of amides is 1. The molecule has 0 bridgehead atoms. The van der Waals surface area contributed by atoms with Gasteiger partial charge in [0.1, 0.15) is 12.7 Å². The standard InChI is InChI=1S/C14H12BrNO2/c15-12-4-3-9-5-11(2-1-10(9)6-12)13-7-16-14(17)8-18-13/h1-6,13H,7-8H2,(H,16,17). The smallest absolute Gasteiger partial charge is 0.246 e. The average molecular weight is 306 g/mol. The van der Waals surface area contributed by atoms with Crippen molar-refractivity contribution >= 4 is 32.6 Å². The highest BCUT2D eigenvalue weighted by atomic mass is 79.9. The lowest BCUT2D eigenvalue weighted by atomic mass is 10.0. The van der Waals surface area contributed by atoms with Crippen molar-refractivity contribution in [2.24, 2.45) is 0 Å². The van der Waals surface area contributed by atoms with Crippen molar-refractivity contribution in [1.82, 2.24) is 5.32 Å². The van der Waals surface area contributed by atoms with Crippen molar-refractivity contribution in [1.29, 1.82) is 0 Å². The van der Waals surface area contributed by atoms with E-state index in [2.05, 4.69) is 51.6 Å². The molecule has 1 saturated heterocycles. The van der Waals surface area contributed by atoms with Gasteiger partial charge in [-0.1, -0.05) is 34.1 Å². The van der Waals surface area contributed by atoms with Gasteiger partial charge < -0.3 is 10.1 Å². The molecule has 1 atom stereocenters. The molecule has 4 heteroatoms. The first-order valence-corrected chi connectivity index (χ1v) is 6.59. The summed E-state index contributed by atoms with van der Waals surface area (Å²) in [6.07, 6.45) is -0.0456. The molecule has 0 radical (unpaired) electrons. The lowest BCUT2D eigenvalue weighted by Crippen LogP contribution is -2.38. The van der Waals surface area contributed by atoms with Crippen LogP contribution >= 0.6 is 15.9 Å². The van der Waals surface area contributed by atoms with Crippen molar-refractivity contribution in [3.8, 4) is 0 Å². The molecule has 18 heavy (non-hydrogen) atoms. The molecule has 92 valence electrons. The summed E-state index contributed by atoms with van der Waals surface area (Å²) in [7, 11) is 0. The number of nitrogens with one attached hydrogen (secondary N) is 1. The largest absolute Gasteiger partial charge is 0.362 e. The van der Waals surface area contributed by atoms with Crippen LogP contribution in [0, 0.1) is 0 Å². The number of benzene rings is 2. The average Bonchev–Trinajstić information content (AvgIpc) is 2.39. The van der Waals surface area contributed by atoms with Gasteiger partial charge in [-0.3, -0.25) is 4.79 Å². The van der Waals surface area contributed by atoms with Gasteiger partial charge in [-0.25, -0.2) is 0 Å². The summed E-state index contributed by atoms with van der Waals surface area (Å²) in [5, 5.41) is 5.18. The zero-order valence-electron chi connectivity index (χ0n) is 9.65. The molecule has 1 heterocycles. The number of morpholine rings is 1. The molecule has 1 fully saturated rings. The van der Waals surface area contributed by atoms with Crippen LogP contribution in [0.3, 0.4) is 0 Å². The lowest BCUT2D eigenvalue weighted by molar-refractivity contribution is -0.133. The van der Waals surface area contributed by atoms with E-state index in [1.807, 2.05) is 6.07 Å². The summed E-state index contributed by atoms with van der Waals surface area (Å²) in [5.74, 6) is -0.0454. The summed E-state index contributed by atoms with van der Waals surface area (Å²) in [6, 6.07) is 12.4.